The summed E-state index contributed by atoms with van der Waals surface area (Å²) in [7, 11) is 0. The predicted molar refractivity (Wildman–Crippen MR) is 72.6 cm³/mol. The first-order valence-corrected chi connectivity index (χ1v) is 6.12. The summed E-state index contributed by atoms with van der Waals surface area (Å²) >= 11 is 0. The molecule has 0 aliphatic rings. The van der Waals surface area contributed by atoms with Crippen LogP contribution in [0.15, 0.2) is 12.1 Å². The van der Waals surface area contributed by atoms with Crippen molar-refractivity contribution in [3.63, 3.8) is 0 Å². The first-order valence-electron chi connectivity index (χ1n) is 6.12. The van der Waals surface area contributed by atoms with E-state index < -0.39 is 11.7 Å². The molecule has 0 unspecified atom stereocenters. The third-order valence-corrected chi connectivity index (χ3v) is 3.02. The SMILES string of the molecule is CCN(CC)C(=O)C(=O)c1cc(C)cc(C)c1N. The topological polar surface area (TPSA) is 63.4 Å². The third kappa shape index (κ3) is 2.70. The Morgan fingerprint density at radius 3 is 2.22 bits per heavy atom. The van der Waals surface area contributed by atoms with E-state index in [-0.39, 0.29) is 0 Å². The Morgan fingerprint density at radius 2 is 1.72 bits per heavy atom. The summed E-state index contributed by atoms with van der Waals surface area (Å²) in [6, 6.07) is 3.57. The van der Waals surface area contributed by atoms with Gasteiger partial charge in [0.15, 0.2) is 0 Å². The van der Waals surface area contributed by atoms with Gasteiger partial charge in [0.2, 0.25) is 0 Å². The number of carbonyl (C=O) groups is 2. The van der Waals surface area contributed by atoms with Crippen LogP contribution in [-0.4, -0.2) is 29.7 Å². The Labute approximate surface area is 108 Å². The number of nitrogen functional groups attached to an aromatic ring is 1. The van der Waals surface area contributed by atoms with Gasteiger partial charge in [0, 0.05) is 18.8 Å². The van der Waals surface area contributed by atoms with Crippen molar-refractivity contribution in [3.8, 4) is 0 Å². The zero-order valence-corrected chi connectivity index (χ0v) is 11.4. The summed E-state index contributed by atoms with van der Waals surface area (Å²) in [5.74, 6) is -1.01. The average molecular weight is 248 g/mol. The lowest BCUT2D eigenvalue weighted by Crippen LogP contribution is -2.36. The van der Waals surface area contributed by atoms with Crippen molar-refractivity contribution in [3.05, 3.63) is 28.8 Å². The van der Waals surface area contributed by atoms with Crippen LogP contribution in [0.4, 0.5) is 5.69 Å². The molecule has 2 N–H and O–H groups in total. The standard InChI is InChI=1S/C14H20N2O2/c1-5-16(6-2)14(18)13(17)11-8-9(3)7-10(4)12(11)15/h7-8H,5-6,15H2,1-4H3. The molecule has 0 atom stereocenters. The van der Waals surface area contributed by atoms with Crippen LogP contribution in [0.1, 0.15) is 35.3 Å². The molecule has 0 spiro atoms. The molecule has 0 saturated heterocycles. The van der Waals surface area contributed by atoms with E-state index in [4.69, 9.17) is 5.73 Å². The Morgan fingerprint density at radius 1 is 1.17 bits per heavy atom. The van der Waals surface area contributed by atoms with Gasteiger partial charge in [-0.3, -0.25) is 9.59 Å². The first kappa shape index (κ1) is 14.2. The zero-order chi connectivity index (χ0) is 13.9. The molecular weight excluding hydrogens is 228 g/mol. The lowest BCUT2D eigenvalue weighted by atomic mass is 10.0. The van der Waals surface area contributed by atoms with Crippen molar-refractivity contribution in [1.82, 2.24) is 4.90 Å². The molecule has 0 saturated carbocycles. The maximum atomic E-state index is 12.2. The highest BCUT2D eigenvalue weighted by atomic mass is 16.2. The smallest absolute Gasteiger partial charge is 0.295 e. The number of likely N-dealkylation sites (N-methyl/N-ethyl adjacent to an activating group) is 1. The van der Waals surface area contributed by atoms with E-state index in [0.717, 1.165) is 11.1 Å². The second kappa shape index (κ2) is 5.67. The minimum atomic E-state index is -0.525. The third-order valence-electron chi connectivity index (χ3n) is 3.02. The highest BCUT2D eigenvalue weighted by molar-refractivity contribution is 6.43. The zero-order valence-electron chi connectivity index (χ0n) is 11.4. The Hall–Kier alpha value is -1.84. The van der Waals surface area contributed by atoms with Gasteiger partial charge in [-0.1, -0.05) is 6.07 Å². The number of nitrogens with two attached hydrogens (primary N) is 1. The molecule has 0 aliphatic heterocycles. The van der Waals surface area contributed by atoms with Crippen molar-refractivity contribution >= 4 is 17.4 Å². The molecule has 0 bridgehead atoms. The minimum absolute atomic E-state index is 0.310. The van der Waals surface area contributed by atoms with Gasteiger partial charge in [-0.05, 0) is 44.9 Å². The van der Waals surface area contributed by atoms with Gasteiger partial charge in [0.05, 0.1) is 5.56 Å². The van der Waals surface area contributed by atoms with Crippen LogP contribution < -0.4 is 5.73 Å². The molecule has 1 rings (SSSR count). The number of carbonyl (C=O) groups excluding carboxylic acids is 2. The van der Waals surface area contributed by atoms with Gasteiger partial charge < -0.3 is 10.6 Å². The van der Waals surface area contributed by atoms with Crippen LogP contribution in [0.25, 0.3) is 0 Å². The Balaban J connectivity index is 3.15. The van der Waals surface area contributed by atoms with E-state index in [2.05, 4.69) is 0 Å². The number of ketones is 1. The van der Waals surface area contributed by atoms with Crippen molar-refractivity contribution < 1.29 is 9.59 Å². The molecule has 0 heterocycles. The molecule has 0 fully saturated rings. The fraction of sp³-hybridized carbons (Fsp3) is 0.429. The summed E-state index contributed by atoms with van der Waals surface area (Å²) in [5.41, 5.74) is 8.34. The maximum absolute atomic E-state index is 12.2. The van der Waals surface area contributed by atoms with E-state index in [1.165, 1.54) is 4.90 Å². The molecule has 4 nitrogen and oxygen atoms in total. The van der Waals surface area contributed by atoms with Gasteiger partial charge >= 0.3 is 0 Å². The van der Waals surface area contributed by atoms with E-state index in [1.54, 1.807) is 6.07 Å². The fourth-order valence-electron chi connectivity index (χ4n) is 1.94. The maximum Gasteiger partial charge on any atom is 0.295 e. The summed E-state index contributed by atoms with van der Waals surface area (Å²) in [4.78, 5) is 25.7. The predicted octanol–water partition coefficient (Wildman–Crippen LogP) is 1.94. The van der Waals surface area contributed by atoms with Crippen molar-refractivity contribution in [2.45, 2.75) is 27.7 Å². The van der Waals surface area contributed by atoms with Crippen LogP contribution in [0.2, 0.25) is 0 Å². The molecule has 0 aliphatic carbocycles. The van der Waals surface area contributed by atoms with E-state index >= 15 is 0 Å². The van der Waals surface area contributed by atoms with Gasteiger partial charge in [-0.25, -0.2) is 0 Å². The number of rotatable bonds is 4. The summed E-state index contributed by atoms with van der Waals surface area (Å²) < 4.78 is 0. The number of Topliss-reactive ketones (excluding diaryl/α,β-unsaturated/α-hetero) is 1. The Bertz CT molecular complexity index is 477. The van der Waals surface area contributed by atoms with Crippen LogP contribution in [-0.2, 0) is 4.79 Å². The van der Waals surface area contributed by atoms with E-state index in [1.807, 2.05) is 33.8 Å². The van der Waals surface area contributed by atoms with E-state index in [0.29, 0.717) is 24.3 Å². The molecule has 1 aromatic rings. The van der Waals surface area contributed by atoms with Crippen molar-refractivity contribution in [2.24, 2.45) is 0 Å². The Kier molecular flexibility index (Phi) is 4.48. The molecule has 1 aromatic carbocycles. The van der Waals surface area contributed by atoms with Gasteiger partial charge in [0.25, 0.3) is 11.7 Å². The number of nitrogens with zero attached hydrogens (tertiary/aromatic N) is 1. The number of benzene rings is 1. The summed E-state index contributed by atoms with van der Waals surface area (Å²) in [5, 5.41) is 0. The molecule has 0 radical (unpaired) electrons. The molecule has 98 valence electrons. The first-order chi connectivity index (χ1) is 8.42. The van der Waals surface area contributed by atoms with Crippen LogP contribution in [0.3, 0.4) is 0 Å². The highest BCUT2D eigenvalue weighted by Gasteiger charge is 2.23. The molecular formula is C14H20N2O2. The molecule has 0 aromatic heterocycles. The summed E-state index contributed by atoms with van der Waals surface area (Å²) in [6.45, 7) is 8.45. The number of amides is 1. The molecule has 1 amide bonds. The van der Waals surface area contributed by atoms with Crippen LogP contribution >= 0.6 is 0 Å². The fourth-order valence-corrected chi connectivity index (χ4v) is 1.94. The lowest BCUT2D eigenvalue weighted by molar-refractivity contribution is -0.126. The van der Waals surface area contributed by atoms with E-state index in [9.17, 15) is 9.59 Å². The highest BCUT2D eigenvalue weighted by Crippen LogP contribution is 2.20. The lowest BCUT2D eigenvalue weighted by Gasteiger charge is -2.18. The van der Waals surface area contributed by atoms with Crippen molar-refractivity contribution in [1.29, 1.82) is 0 Å². The van der Waals surface area contributed by atoms with Crippen molar-refractivity contribution in [2.75, 3.05) is 18.8 Å². The number of hydrogen-bond donors (Lipinski definition) is 1. The second-order valence-corrected chi connectivity index (χ2v) is 4.35. The quantitative estimate of drug-likeness (QED) is 0.503. The average Bonchev–Trinajstić information content (AvgIpc) is 2.34. The minimum Gasteiger partial charge on any atom is -0.398 e. The second-order valence-electron chi connectivity index (χ2n) is 4.35. The normalized spacial score (nSPS) is 10.2. The number of aryl methyl sites for hydroxylation is 2. The molecule has 4 heteroatoms. The van der Waals surface area contributed by atoms with Crippen LogP contribution in [0.5, 0.6) is 0 Å². The van der Waals surface area contributed by atoms with Gasteiger partial charge in [-0.2, -0.15) is 0 Å². The number of hydrogen-bond acceptors (Lipinski definition) is 3. The number of anilines is 1. The van der Waals surface area contributed by atoms with Crippen LogP contribution in [0, 0.1) is 13.8 Å². The van der Waals surface area contributed by atoms with Gasteiger partial charge in [-0.15, -0.1) is 0 Å². The summed E-state index contributed by atoms with van der Waals surface area (Å²) in [6.07, 6.45) is 0. The monoisotopic (exact) mass is 248 g/mol. The van der Waals surface area contributed by atoms with Gasteiger partial charge in [0.1, 0.15) is 0 Å². The molecule has 18 heavy (non-hydrogen) atoms. The largest absolute Gasteiger partial charge is 0.398 e.